The maximum absolute atomic E-state index is 11.3. The van der Waals surface area contributed by atoms with Gasteiger partial charge in [0.15, 0.2) is 0 Å². The molecule has 1 N–H and O–H groups in total. The van der Waals surface area contributed by atoms with Crippen molar-refractivity contribution in [1.82, 2.24) is 0 Å². The van der Waals surface area contributed by atoms with Crippen molar-refractivity contribution in [2.45, 2.75) is 20.8 Å². The minimum atomic E-state index is -3.64. The Labute approximate surface area is 91.1 Å². The van der Waals surface area contributed by atoms with Gasteiger partial charge in [-0.25, -0.2) is 0 Å². The summed E-state index contributed by atoms with van der Waals surface area (Å²) in [5.74, 6) is 1.45. The summed E-state index contributed by atoms with van der Waals surface area (Å²) in [6.45, 7) is 6.42. The van der Waals surface area contributed by atoms with Crippen molar-refractivity contribution in [2.75, 3.05) is 13.2 Å². The molecule has 0 saturated heterocycles. The van der Waals surface area contributed by atoms with Gasteiger partial charge in [-0.3, -0.25) is 4.57 Å². The molecular formula is C10H19O4P. The van der Waals surface area contributed by atoms with E-state index in [0.717, 1.165) is 5.82 Å². The largest absolute Gasteiger partial charge is 0.501 e. The zero-order chi connectivity index (χ0) is 11.7. The Morgan fingerprint density at radius 2 is 2.13 bits per heavy atom. The highest BCUT2D eigenvalue weighted by Crippen LogP contribution is 2.43. The summed E-state index contributed by atoms with van der Waals surface area (Å²) in [5, 5.41) is 0. The monoisotopic (exact) mass is 234 g/mol. The Balaban J connectivity index is 3.89. The number of allylic oxidation sites excluding steroid dienone is 1. The van der Waals surface area contributed by atoms with Gasteiger partial charge in [0.2, 0.25) is 0 Å². The van der Waals surface area contributed by atoms with Crippen LogP contribution >= 0.6 is 7.60 Å². The van der Waals surface area contributed by atoms with Gasteiger partial charge < -0.3 is 14.2 Å². The van der Waals surface area contributed by atoms with Crippen LogP contribution in [0.4, 0.5) is 0 Å². The topological polar surface area (TPSA) is 55.8 Å². The van der Waals surface area contributed by atoms with Gasteiger partial charge in [-0.05, 0) is 12.8 Å². The fraction of sp³-hybridized carbons (Fsp3) is 0.600. The minimum absolute atomic E-state index is 0.127. The maximum atomic E-state index is 11.3. The van der Waals surface area contributed by atoms with Crippen molar-refractivity contribution in [3.63, 3.8) is 0 Å². The van der Waals surface area contributed by atoms with E-state index in [4.69, 9.17) is 9.26 Å². The van der Waals surface area contributed by atoms with Crippen LogP contribution in [0.15, 0.2) is 24.2 Å². The molecule has 4 nitrogen and oxygen atoms in total. The number of hydrogen-bond donors (Lipinski definition) is 1. The second-order valence-electron chi connectivity index (χ2n) is 3.27. The highest BCUT2D eigenvalue weighted by atomic mass is 31.2. The van der Waals surface area contributed by atoms with Gasteiger partial charge in [0.1, 0.15) is 0 Å². The number of rotatable bonds is 7. The Kier molecular flexibility index (Phi) is 7.39. The van der Waals surface area contributed by atoms with E-state index >= 15 is 0 Å². The standard InChI is InChI=1S/C10H19O4P/c1-4-13-8-9-15(11,12)14-7-5-6-10(2)3/h5-6,8-10H,4,7H2,1-3H3,(H,11,12). The minimum Gasteiger partial charge on any atom is -0.501 e. The van der Waals surface area contributed by atoms with Crippen LogP contribution in [0.2, 0.25) is 0 Å². The van der Waals surface area contributed by atoms with Crippen LogP contribution in [0.5, 0.6) is 0 Å². The van der Waals surface area contributed by atoms with Gasteiger partial charge in [-0.2, -0.15) is 0 Å². The quantitative estimate of drug-likeness (QED) is 0.418. The lowest BCUT2D eigenvalue weighted by Gasteiger charge is -2.05. The lowest BCUT2D eigenvalue weighted by molar-refractivity contribution is 0.265. The van der Waals surface area contributed by atoms with E-state index in [0.29, 0.717) is 12.5 Å². The molecule has 15 heavy (non-hydrogen) atoms. The molecule has 0 aromatic rings. The highest BCUT2D eigenvalue weighted by Gasteiger charge is 2.13. The third kappa shape index (κ3) is 9.73. The van der Waals surface area contributed by atoms with Crippen LogP contribution in [-0.2, 0) is 13.8 Å². The summed E-state index contributed by atoms with van der Waals surface area (Å²) in [6.07, 6.45) is 4.82. The van der Waals surface area contributed by atoms with Crippen molar-refractivity contribution >= 4 is 7.60 Å². The molecular weight excluding hydrogens is 215 g/mol. The summed E-state index contributed by atoms with van der Waals surface area (Å²) in [4.78, 5) is 9.24. The van der Waals surface area contributed by atoms with Gasteiger partial charge in [0.05, 0.1) is 25.3 Å². The summed E-state index contributed by atoms with van der Waals surface area (Å²) >= 11 is 0. The van der Waals surface area contributed by atoms with Crippen molar-refractivity contribution in [1.29, 1.82) is 0 Å². The van der Waals surface area contributed by atoms with Gasteiger partial charge in [0, 0.05) is 0 Å². The molecule has 0 fully saturated rings. The molecule has 0 amide bonds. The molecule has 1 atom stereocenters. The zero-order valence-electron chi connectivity index (χ0n) is 9.42. The van der Waals surface area contributed by atoms with Gasteiger partial charge in [-0.1, -0.05) is 26.0 Å². The normalized spacial score (nSPS) is 16.3. The summed E-state index contributed by atoms with van der Waals surface area (Å²) < 4.78 is 20.9. The first-order valence-electron chi connectivity index (χ1n) is 4.91. The molecule has 0 aliphatic heterocycles. The SMILES string of the molecule is CCOC=CP(=O)(O)OCC=CC(C)C. The van der Waals surface area contributed by atoms with Crippen LogP contribution in [0.1, 0.15) is 20.8 Å². The Bertz CT molecular complexity index is 258. The average Bonchev–Trinajstić information content (AvgIpc) is 2.13. The second kappa shape index (κ2) is 7.69. The van der Waals surface area contributed by atoms with Crippen LogP contribution in [0.3, 0.4) is 0 Å². The predicted molar refractivity (Wildman–Crippen MR) is 60.5 cm³/mol. The first-order chi connectivity index (χ1) is 6.98. The van der Waals surface area contributed by atoms with Crippen molar-refractivity contribution in [3.8, 4) is 0 Å². The molecule has 1 unspecified atom stereocenters. The summed E-state index contributed by atoms with van der Waals surface area (Å²) in [6, 6.07) is 0. The van der Waals surface area contributed by atoms with E-state index < -0.39 is 7.60 Å². The van der Waals surface area contributed by atoms with Crippen molar-refractivity contribution in [3.05, 3.63) is 24.2 Å². The number of ether oxygens (including phenoxy) is 1. The van der Waals surface area contributed by atoms with E-state index in [-0.39, 0.29) is 6.61 Å². The Morgan fingerprint density at radius 1 is 1.47 bits per heavy atom. The smallest absolute Gasteiger partial charge is 0.354 e. The molecule has 88 valence electrons. The Hall–Kier alpha value is -0.570. The molecule has 0 aromatic heterocycles. The van der Waals surface area contributed by atoms with Crippen molar-refractivity contribution in [2.24, 2.45) is 5.92 Å². The van der Waals surface area contributed by atoms with Crippen LogP contribution < -0.4 is 0 Å². The molecule has 0 aliphatic carbocycles. The van der Waals surface area contributed by atoms with Crippen molar-refractivity contribution < 1.29 is 18.7 Å². The molecule has 0 rings (SSSR count). The zero-order valence-corrected chi connectivity index (χ0v) is 10.3. The third-order valence-electron chi connectivity index (χ3n) is 1.39. The van der Waals surface area contributed by atoms with E-state index in [1.807, 2.05) is 19.9 Å². The molecule has 5 heteroatoms. The van der Waals surface area contributed by atoms with Crippen LogP contribution in [0.25, 0.3) is 0 Å². The van der Waals surface area contributed by atoms with E-state index in [9.17, 15) is 9.46 Å². The van der Waals surface area contributed by atoms with Gasteiger partial charge in [-0.15, -0.1) is 0 Å². The lowest BCUT2D eigenvalue weighted by Crippen LogP contribution is -1.89. The fourth-order valence-corrected chi connectivity index (χ4v) is 1.36. The van der Waals surface area contributed by atoms with E-state index in [2.05, 4.69) is 0 Å². The van der Waals surface area contributed by atoms with Crippen LogP contribution in [-0.4, -0.2) is 18.1 Å². The first kappa shape index (κ1) is 14.4. The van der Waals surface area contributed by atoms with Gasteiger partial charge in [0.25, 0.3) is 0 Å². The summed E-state index contributed by atoms with van der Waals surface area (Å²) in [5.41, 5.74) is 0. The second-order valence-corrected chi connectivity index (χ2v) is 4.96. The predicted octanol–water partition coefficient (Wildman–Crippen LogP) is 2.91. The Morgan fingerprint density at radius 3 is 2.67 bits per heavy atom. The van der Waals surface area contributed by atoms with E-state index in [1.54, 1.807) is 13.0 Å². The molecule has 0 aromatic carbocycles. The summed E-state index contributed by atoms with van der Waals surface area (Å²) in [7, 11) is -3.64. The first-order valence-corrected chi connectivity index (χ1v) is 6.55. The fourth-order valence-electron chi connectivity index (χ4n) is 0.737. The average molecular weight is 234 g/mol. The lowest BCUT2D eigenvalue weighted by atomic mass is 10.2. The maximum Gasteiger partial charge on any atom is 0.354 e. The highest BCUT2D eigenvalue weighted by molar-refractivity contribution is 7.56. The molecule has 0 heterocycles. The number of hydrogen-bond acceptors (Lipinski definition) is 3. The molecule has 0 bridgehead atoms. The molecule has 0 saturated carbocycles. The van der Waals surface area contributed by atoms with Crippen LogP contribution in [0, 0.1) is 5.92 Å². The molecule has 0 aliphatic rings. The molecule has 0 spiro atoms. The third-order valence-corrected chi connectivity index (χ3v) is 2.41. The van der Waals surface area contributed by atoms with Gasteiger partial charge >= 0.3 is 7.60 Å². The van der Waals surface area contributed by atoms with E-state index in [1.165, 1.54) is 6.26 Å². The molecule has 0 radical (unpaired) electrons.